The number of nitrogens with zero attached hydrogens (tertiary/aromatic N) is 2. The predicted octanol–water partition coefficient (Wildman–Crippen LogP) is 1.92. The fourth-order valence-electron chi connectivity index (χ4n) is 1.14. The minimum absolute atomic E-state index is 0.0381. The Labute approximate surface area is 94.9 Å². The Morgan fingerprint density at radius 1 is 1.47 bits per heavy atom. The van der Waals surface area contributed by atoms with Crippen molar-refractivity contribution < 1.29 is 4.74 Å². The second kappa shape index (κ2) is 6.15. The SMILES string of the molecule is CCC(N)c1nnc(CCC(C)OC)s1. The third kappa shape index (κ3) is 3.85. The molecular weight excluding hydrogens is 210 g/mol. The number of rotatable bonds is 6. The molecule has 1 aromatic rings. The van der Waals surface area contributed by atoms with Gasteiger partial charge in [-0.05, 0) is 19.8 Å². The molecule has 0 spiro atoms. The van der Waals surface area contributed by atoms with E-state index in [1.54, 1.807) is 18.4 Å². The van der Waals surface area contributed by atoms with Crippen LogP contribution in [0.25, 0.3) is 0 Å². The minimum Gasteiger partial charge on any atom is -0.382 e. The highest BCUT2D eigenvalue weighted by atomic mass is 32.1. The molecule has 1 heterocycles. The molecule has 4 nitrogen and oxygen atoms in total. The lowest BCUT2D eigenvalue weighted by Gasteiger charge is -2.06. The van der Waals surface area contributed by atoms with Gasteiger partial charge in [0.15, 0.2) is 0 Å². The minimum atomic E-state index is 0.0381. The van der Waals surface area contributed by atoms with E-state index in [-0.39, 0.29) is 12.1 Å². The zero-order chi connectivity index (χ0) is 11.3. The van der Waals surface area contributed by atoms with Crippen LogP contribution >= 0.6 is 11.3 Å². The van der Waals surface area contributed by atoms with Crippen molar-refractivity contribution in [3.63, 3.8) is 0 Å². The molecule has 15 heavy (non-hydrogen) atoms. The quantitative estimate of drug-likeness (QED) is 0.809. The summed E-state index contributed by atoms with van der Waals surface area (Å²) in [5.41, 5.74) is 5.87. The monoisotopic (exact) mass is 229 g/mol. The summed E-state index contributed by atoms with van der Waals surface area (Å²) in [5.74, 6) is 0. The number of nitrogens with two attached hydrogens (primary N) is 1. The smallest absolute Gasteiger partial charge is 0.134 e. The lowest BCUT2D eigenvalue weighted by molar-refractivity contribution is 0.111. The average molecular weight is 229 g/mol. The third-order valence-electron chi connectivity index (χ3n) is 2.41. The van der Waals surface area contributed by atoms with Gasteiger partial charge in [-0.25, -0.2) is 0 Å². The molecule has 2 unspecified atom stereocenters. The van der Waals surface area contributed by atoms with Crippen molar-refractivity contribution in [2.75, 3.05) is 7.11 Å². The molecule has 1 rings (SSSR count). The maximum atomic E-state index is 5.87. The van der Waals surface area contributed by atoms with Crippen LogP contribution < -0.4 is 5.73 Å². The van der Waals surface area contributed by atoms with E-state index in [4.69, 9.17) is 10.5 Å². The van der Waals surface area contributed by atoms with Gasteiger partial charge in [0.05, 0.1) is 12.1 Å². The van der Waals surface area contributed by atoms with Crippen LogP contribution in [0.5, 0.6) is 0 Å². The van der Waals surface area contributed by atoms with E-state index in [9.17, 15) is 0 Å². The predicted molar refractivity (Wildman–Crippen MR) is 61.9 cm³/mol. The van der Waals surface area contributed by atoms with Crippen LogP contribution in [0.4, 0.5) is 0 Å². The van der Waals surface area contributed by atoms with Crippen LogP contribution in [0, 0.1) is 0 Å². The Morgan fingerprint density at radius 3 is 2.80 bits per heavy atom. The Bertz CT molecular complexity index is 290. The van der Waals surface area contributed by atoms with Crippen molar-refractivity contribution in [3.8, 4) is 0 Å². The lowest BCUT2D eigenvalue weighted by Crippen LogP contribution is -2.07. The molecule has 86 valence electrons. The van der Waals surface area contributed by atoms with Gasteiger partial charge in [0.1, 0.15) is 10.0 Å². The van der Waals surface area contributed by atoms with Crippen molar-refractivity contribution in [2.45, 2.75) is 45.3 Å². The number of aromatic nitrogens is 2. The first-order chi connectivity index (χ1) is 7.17. The number of hydrogen-bond acceptors (Lipinski definition) is 5. The first-order valence-corrected chi connectivity index (χ1v) is 6.09. The third-order valence-corrected chi connectivity index (χ3v) is 3.52. The van der Waals surface area contributed by atoms with E-state index in [1.807, 2.05) is 0 Å². The van der Waals surface area contributed by atoms with Gasteiger partial charge >= 0.3 is 0 Å². The Hall–Kier alpha value is -0.520. The molecule has 0 bridgehead atoms. The molecule has 0 fully saturated rings. The summed E-state index contributed by atoms with van der Waals surface area (Å²) in [6.45, 7) is 4.11. The van der Waals surface area contributed by atoms with E-state index in [0.29, 0.717) is 0 Å². The van der Waals surface area contributed by atoms with Crippen LogP contribution in [-0.2, 0) is 11.2 Å². The average Bonchev–Trinajstić information content (AvgIpc) is 2.73. The molecule has 0 saturated heterocycles. The molecule has 0 radical (unpaired) electrons. The van der Waals surface area contributed by atoms with E-state index in [2.05, 4.69) is 24.0 Å². The summed E-state index contributed by atoms with van der Waals surface area (Å²) in [7, 11) is 1.73. The summed E-state index contributed by atoms with van der Waals surface area (Å²) in [5, 5.41) is 10.2. The van der Waals surface area contributed by atoms with Gasteiger partial charge in [-0.3, -0.25) is 0 Å². The van der Waals surface area contributed by atoms with Gasteiger partial charge in [0.2, 0.25) is 0 Å². The van der Waals surface area contributed by atoms with E-state index in [0.717, 1.165) is 29.3 Å². The summed E-state index contributed by atoms with van der Waals surface area (Å²) < 4.78 is 5.18. The fraction of sp³-hybridized carbons (Fsp3) is 0.800. The summed E-state index contributed by atoms with van der Waals surface area (Å²) in [4.78, 5) is 0. The lowest BCUT2D eigenvalue weighted by atomic mass is 10.2. The summed E-state index contributed by atoms with van der Waals surface area (Å²) in [6, 6.07) is 0.0381. The van der Waals surface area contributed by atoms with E-state index < -0.39 is 0 Å². The van der Waals surface area contributed by atoms with Crippen molar-refractivity contribution in [1.82, 2.24) is 10.2 Å². The molecule has 2 N–H and O–H groups in total. The van der Waals surface area contributed by atoms with Gasteiger partial charge < -0.3 is 10.5 Å². The second-order valence-electron chi connectivity index (χ2n) is 3.63. The standard InChI is InChI=1S/C10H19N3OS/c1-4-8(11)10-13-12-9(15-10)6-5-7(2)14-3/h7-8H,4-6,11H2,1-3H3. The normalized spacial score (nSPS) is 15.2. The number of hydrogen-bond donors (Lipinski definition) is 1. The van der Waals surface area contributed by atoms with Crippen LogP contribution in [0.2, 0.25) is 0 Å². The van der Waals surface area contributed by atoms with Gasteiger partial charge in [-0.1, -0.05) is 18.3 Å². The molecule has 1 aromatic heterocycles. The first kappa shape index (κ1) is 12.5. The second-order valence-corrected chi connectivity index (χ2v) is 4.73. The molecule has 0 saturated carbocycles. The molecule has 5 heteroatoms. The summed E-state index contributed by atoms with van der Waals surface area (Å²) >= 11 is 1.62. The van der Waals surface area contributed by atoms with Crippen LogP contribution in [0.15, 0.2) is 0 Å². The zero-order valence-electron chi connectivity index (χ0n) is 9.56. The molecule has 0 aromatic carbocycles. The van der Waals surface area contributed by atoms with E-state index in [1.165, 1.54) is 0 Å². The Morgan fingerprint density at radius 2 is 2.20 bits per heavy atom. The highest BCUT2D eigenvalue weighted by Gasteiger charge is 2.11. The highest BCUT2D eigenvalue weighted by Crippen LogP contribution is 2.19. The largest absolute Gasteiger partial charge is 0.382 e. The van der Waals surface area contributed by atoms with Crippen LogP contribution in [0.3, 0.4) is 0 Å². The molecule has 0 aliphatic carbocycles. The first-order valence-electron chi connectivity index (χ1n) is 5.28. The summed E-state index contributed by atoms with van der Waals surface area (Å²) in [6.07, 6.45) is 3.08. The zero-order valence-corrected chi connectivity index (χ0v) is 10.4. The van der Waals surface area contributed by atoms with Gasteiger partial charge in [0, 0.05) is 13.5 Å². The number of aryl methyl sites for hydroxylation is 1. The highest BCUT2D eigenvalue weighted by molar-refractivity contribution is 7.11. The number of methoxy groups -OCH3 is 1. The van der Waals surface area contributed by atoms with E-state index >= 15 is 0 Å². The maximum Gasteiger partial charge on any atom is 0.134 e. The van der Waals surface area contributed by atoms with Gasteiger partial charge in [0.25, 0.3) is 0 Å². The molecule has 0 amide bonds. The van der Waals surface area contributed by atoms with Crippen molar-refractivity contribution in [1.29, 1.82) is 0 Å². The van der Waals surface area contributed by atoms with Crippen molar-refractivity contribution >= 4 is 11.3 Å². The van der Waals surface area contributed by atoms with Gasteiger partial charge in [-0.2, -0.15) is 0 Å². The fourth-order valence-corrected chi connectivity index (χ4v) is 2.08. The van der Waals surface area contributed by atoms with Crippen molar-refractivity contribution in [2.24, 2.45) is 5.73 Å². The van der Waals surface area contributed by atoms with Crippen LogP contribution in [-0.4, -0.2) is 23.4 Å². The van der Waals surface area contributed by atoms with Crippen LogP contribution in [0.1, 0.15) is 42.7 Å². The molecule has 2 atom stereocenters. The Kier molecular flexibility index (Phi) is 5.14. The maximum absolute atomic E-state index is 5.87. The van der Waals surface area contributed by atoms with Crippen molar-refractivity contribution in [3.05, 3.63) is 10.0 Å². The Balaban J connectivity index is 2.46. The van der Waals surface area contributed by atoms with Gasteiger partial charge in [-0.15, -0.1) is 10.2 Å². The molecule has 0 aliphatic rings. The number of ether oxygens (including phenoxy) is 1. The topological polar surface area (TPSA) is 61.0 Å². The molecular formula is C10H19N3OS. The molecule has 0 aliphatic heterocycles.